The van der Waals surface area contributed by atoms with Gasteiger partial charge < -0.3 is 27.0 Å². The molecule has 4 rings (SSSR count). The molecule has 9 nitrogen and oxygen atoms in total. The number of nitrogens with zero attached hydrogens (tertiary/aromatic N) is 2. The topological polar surface area (TPSA) is 135 Å². The van der Waals surface area contributed by atoms with E-state index in [1.807, 2.05) is 0 Å². The van der Waals surface area contributed by atoms with E-state index in [-0.39, 0.29) is 23.7 Å². The molecule has 2 heterocycles. The van der Waals surface area contributed by atoms with E-state index in [0.717, 1.165) is 0 Å². The Morgan fingerprint density at radius 1 is 1.15 bits per heavy atom. The second-order valence-electron chi connectivity index (χ2n) is 7.72. The van der Waals surface area contributed by atoms with E-state index >= 15 is 0 Å². The molecular formula is C22H22ClFN6O3. The molecule has 33 heavy (non-hydrogen) atoms. The molecule has 1 aliphatic rings. The van der Waals surface area contributed by atoms with Crippen molar-refractivity contribution in [2.75, 3.05) is 11.9 Å². The van der Waals surface area contributed by atoms with Crippen molar-refractivity contribution < 1.29 is 18.8 Å². The SMILES string of the molecule is NC(=O)n1cc(NC(=O)N2CC[C@@H](N)[C@H]2C(=O)NCc2cccc(Cl)c2F)c2ccccc21. The number of amides is 4. The van der Waals surface area contributed by atoms with E-state index in [1.165, 1.54) is 27.8 Å². The maximum absolute atomic E-state index is 14.1. The van der Waals surface area contributed by atoms with Crippen molar-refractivity contribution in [2.45, 2.75) is 25.0 Å². The molecule has 0 radical (unpaired) electrons. The fraction of sp³-hybridized carbons (Fsp3) is 0.227. The smallest absolute Gasteiger partial charge is 0.323 e. The number of benzene rings is 2. The summed E-state index contributed by atoms with van der Waals surface area (Å²) >= 11 is 5.78. The molecule has 1 aromatic heterocycles. The zero-order chi connectivity index (χ0) is 23.7. The number of hydrogen-bond acceptors (Lipinski definition) is 4. The summed E-state index contributed by atoms with van der Waals surface area (Å²) in [4.78, 5) is 39.0. The van der Waals surface area contributed by atoms with E-state index in [4.69, 9.17) is 23.1 Å². The summed E-state index contributed by atoms with van der Waals surface area (Å²) in [6, 6.07) is 8.67. The van der Waals surface area contributed by atoms with Crippen molar-refractivity contribution in [2.24, 2.45) is 11.5 Å². The molecule has 0 spiro atoms. The number of nitrogens with two attached hydrogens (primary N) is 2. The fourth-order valence-electron chi connectivity index (χ4n) is 4.00. The van der Waals surface area contributed by atoms with E-state index < -0.39 is 35.9 Å². The van der Waals surface area contributed by atoms with Crippen LogP contribution in [0.4, 0.5) is 19.7 Å². The van der Waals surface area contributed by atoms with Gasteiger partial charge in [0.25, 0.3) is 0 Å². The molecule has 6 N–H and O–H groups in total. The highest BCUT2D eigenvalue weighted by atomic mass is 35.5. The van der Waals surface area contributed by atoms with Gasteiger partial charge in [0.15, 0.2) is 0 Å². The van der Waals surface area contributed by atoms with Crippen molar-refractivity contribution in [1.29, 1.82) is 0 Å². The number of primary amides is 1. The van der Waals surface area contributed by atoms with Gasteiger partial charge in [0, 0.05) is 36.3 Å². The Hall–Kier alpha value is -3.63. The second-order valence-corrected chi connectivity index (χ2v) is 8.13. The summed E-state index contributed by atoms with van der Waals surface area (Å²) in [7, 11) is 0. The molecule has 1 saturated heterocycles. The van der Waals surface area contributed by atoms with Crippen LogP contribution >= 0.6 is 11.6 Å². The molecule has 0 aliphatic carbocycles. The number of rotatable bonds is 4. The zero-order valence-corrected chi connectivity index (χ0v) is 18.2. The van der Waals surface area contributed by atoms with E-state index in [0.29, 0.717) is 23.0 Å². The maximum Gasteiger partial charge on any atom is 0.323 e. The first-order valence-electron chi connectivity index (χ1n) is 10.2. The predicted octanol–water partition coefficient (Wildman–Crippen LogP) is 2.61. The highest BCUT2D eigenvalue weighted by Crippen LogP contribution is 2.27. The van der Waals surface area contributed by atoms with Gasteiger partial charge in [-0.1, -0.05) is 41.9 Å². The average molecular weight is 473 g/mol. The summed E-state index contributed by atoms with van der Waals surface area (Å²) in [5.41, 5.74) is 12.7. The molecule has 4 amide bonds. The molecule has 11 heteroatoms. The number of halogens is 2. The van der Waals surface area contributed by atoms with Gasteiger partial charge in [0.1, 0.15) is 11.9 Å². The number of nitrogens with one attached hydrogen (secondary N) is 2. The minimum atomic E-state index is -0.947. The lowest BCUT2D eigenvalue weighted by Crippen LogP contribution is -2.53. The quantitative estimate of drug-likeness (QED) is 0.464. The third kappa shape index (κ3) is 4.35. The number of likely N-dealkylation sites (tertiary alicyclic amines) is 1. The zero-order valence-electron chi connectivity index (χ0n) is 17.4. The number of para-hydroxylation sites is 1. The van der Waals surface area contributed by atoms with Crippen molar-refractivity contribution in [3.63, 3.8) is 0 Å². The van der Waals surface area contributed by atoms with Crippen molar-refractivity contribution >= 4 is 46.2 Å². The molecule has 172 valence electrons. The van der Waals surface area contributed by atoms with Crippen LogP contribution in [-0.2, 0) is 11.3 Å². The van der Waals surface area contributed by atoms with Gasteiger partial charge >= 0.3 is 12.1 Å². The Morgan fingerprint density at radius 3 is 2.67 bits per heavy atom. The van der Waals surface area contributed by atoms with Crippen molar-refractivity contribution in [3.8, 4) is 0 Å². The van der Waals surface area contributed by atoms with Crippen LogP contribution in [-0.4, -0.2) is 46.1 Å². The lowest BCUT2D eigenvalue weighted by Gasteiger charge is -2.26. The van der Waals surface area contributed by atoms with E-state index in [1.54, 1.807) is 30.3 Å². The molecule has 2 aromatic carbocycles. The summed E-state index contributed by atoms with van der Waals surface area (Å²) in [5.74, 6) is -1.12. The first-order chi connectivity index (χ1) is 15.8. The molecule has 1 fully saturated rings. The molecule has 2 atom stereocenters. The van der Waals surface area contributed by atoms with Gasteiger partial charge in [-0.25, -0.2) is 14.0 Å². The first-order valence-corrected chi connectivity index (χ1v) is 10.6. The largest absolute Gasteiger partial charge is 0.351 e. The van der Waals surface area contributed by atoms with Crippen LogP contribution < -0.4 is 22.1 Å². The summed E-state index contributed by atoms with van der Waals surface area (Å²) in [6.45, 7) is 0.154. The highest BCUT2D eigenvalue weighted by Gasteiger charge is 2.40. The number of aromatic nitrogens is 1. The highest BCUT2D eigenvalue weighted by molar-refractivity contribution is 6.30. The molecule has 1 aliphatic heterocycles. The normalized spacial score (nSPS) is 17.8. The van der Waals surface area contributed by atoms with Crippen LogP contribution in [0.3, 0.4) is 0 Å². The lowest BCUT2D eigenvalue weighted by atomic mass is 10.1. The number of hydrogen-bond donors (Lipinski definition) is 4. The maximum atomic E-state index is 14.1. The predicted molar refractivity (Wildman–Crippen MR) is 122 cm³/mol. The monoisotopic (exact) mass is 472 g/mol. The molecule has 3 aromatic rings. The Labute approximate surface area is 193 Å². The summed E-state index contributed by atoms with van der Waals surface area (Å²) in [6.07, 6.45) is 1.85. The lowest BCUT2D eigenvalue weighted by molar-refractivity contribution is -0.125. The van der Waals surface area contributed by atoms with Crippen LogP contribution in [0.25, 0.3) is 10.9 Å². The molecular weight excluding hydrogens is 451 g/mol. The molecule has 0 saturated carbocycles. The second kappa shape index (κ2) is 9.08. The minimum absolute atomic E-state index is 0.0459. The van der Waals surface area contributed by atoms with Gasteiger partial charge in [-0.15, -0.1) is 0 Å². The number of carbonyl (C=O) groups excluding carboxylic acids is 3. The Balaban J connectivity index is 1.51. The van der Waals surface area contributed by atoms with Gasteiger partial charge in [-0.2, -0.15) is 0 Å². The van der Waals surface area contributed by atoms with Crippen molar-refractivity contribution in [3.05, 3.63) is 65.1 Å². The van der Waals surface area contributed by atoms with Gasteiger partial charge in [0.2, 0.25) is 5.91 Å². The van der Waals surface area contributed by atoms with Gasteiger partial charge in [0.05, 0.1) is 16.2 Å². The fourth-order valence-corrected chi connectivity index (χ4v) is 4.19. The van der Waals surface area contributed by atoms with E-state index in [2.05, 4.69) is 10.6 Å². The van der Waals surface area contributed by atoms with Crippen molar-refractivity contribution in [1.82, 2.24) is 14.8 Å². The third-order valence-corrected chi connectivity index (χ3v) is 5.94. The summed E-state index contributed by atoms with van der Waals surface area (Å²) < 4.78 is 15.3. The van der Waals surface area contributed by atoms with Crippen LogP contribution in [0.15, 0.2) is 48.7 Å². The number of fused-ring (bicyclic) bond motifs is 1. The number of carbonyl (C=O) groups is 3. The van der Waals surface area contributed by atoms with Crippen LogP contribution in [0.2, 0.25) is 5.02 Å². The van der Waals surface area contributed by atoms with Crippen LogP contribution in [0.5, 0.6) is 0 Å². The summed E-state index contributed by atoms with van der Waals surface area (Å²) in [5, 5.41) is 5.95. The Kier molecular flexibility index (Phi) is 6.21. The number of anilines is 1. The van der Waals surface area contributed by atoms with Crippen LogP contribution in [0, 0.1) is 5.82 Å². The van der Waals surface area contributed by atoms with Crippen LogP contribution in [0.1, 0.15) is 12.0 Å². The van der Waals surface area contributed by atoms with Gasteiger partial charge in [-0.05, 0) is 18.6 Å². The Bertz CT molecular complexity index is 1250. The standard InChI is InChI=1S/C22H22ClFN6O3/c23-14-6-3-4-12(18(14)24)10-27-20(31)19-15(25)8-9-29(19)22(33)28-16-11-30(21(26)32)17-7-2-1-5-13(16)17/h1-7,11,15,19H,8-10,25H2,(H2,26,32)(H,27,31)(H,28,33)/t15-,19+/m1/s1. The minimum Gasteiger partial charge on any atom is -0.351 e. The first kappa shape index (κ1) is 22.6. The number of urea groups is 1. The Morgan fingerprint density at radius 2 is 1.91 bits per heavy atom. The van der Waals surface area contributed by atoms with Gasteiger partial charge in [-0.3, -0.25) is 9.36 Å². The molecule has 0 unspecified atom stereocenters. The average Bonchev–Trinajstić information content (AvgIpc) is 3.35. The third-order valence-electron chi connectivity index (χ3n) is 5.65. The molecule has 0 bridgehead atoms. The van der Waals surface area contributed by atoms with E-state index in [9.17, 15) is 18.8 Å².